The number of benzene rings is 1. The number of aromatic amines is 1. The van der Waals surface area contributed by atoms with Crippen molar-refractivity contribution >= 4 is 23.3 Å². The lowest BCUT2D eigenvalue weighted by Crippen LogP contribution is -2.28. The van der Waals surface area contributed by atoms with E-state index in [9.17, 15) is 0 Å². The summed E-state index contributed by atoms with van der Waals surface area (Å²) in [5.74, 6) is 0.892. The Morgan fingerprint density at radius 1 is 1.25 bits per heavy atom. The van der Waals surface area contributed by atoms with Crippen molar-refractivity contribution in [1.82, 2.24) is 9.55 Å². The van der Waals surface area contributed by atoms with Crippen LogP contribution in [-0.2, 0) is 5.54 Å². The molecule has 1 aromatic carbocycles. The van der Waals surface area contributed by atoms with Crippen molar-refractivity contribution in [2.45, 2.75) is 52.5 Å². The third kappa shape index (κ3) is 2.49. The molecule has 0 atom stereocenters. The smallest absolute Gasteiger partial charge is 0.178 e. The Hall–Kier alpha value is -1.29. The second-order valence-corrected chi connectivity index (χ2v) is 5.86. The van der Waals surface area contributed by atoms with Crippen molar-refractivity contribution in [2.24, 2.45) is 0 Å². The lowest BCUT2D eigenvalue weighted by Gasteiger charge is -2.29. The van der Waals surface area contributed by atoms with E-state index in [0.717, 1.165) is 47.4 Å². The first-order chi connectivity index (χ1) is 9.57. The summed E-state index contributed by atoms with van der Waals surface area (Å²) < 4.78 is 8.85. The molecule has 4 heteroatoms. The zero-order valence-electron chi connectivity index (χ0n) is 12.8. The average Bonchev–Trinajstić information content (AvgIpc) is 2.81. The maximum Gasteiger partial charge on any atom is 0.178 e. The van der Waals surface area contributed by atoms with Gasteiger partial charge in [-0.3, -0.25) is 0 Å². The summed E-state index contributed by atoms with van der Waals surface area (Å²) in [5, 5.41) is 0. The molecule has 2 rings (SSSR count). The zero-order valence-corrected chi connectivity index (χ0v) is 13.6. The fraction of sp³-hybridized carbons (Fsp3) is 0.562. The van der Waals surface area contributed by atoms with E-state index in [1.54, 1.807) is 0 Å². The van der Waals surface area contributed by atoms with E-state index in [4.69, 9.17) is 17.0 Å². The second-order valence-electron chi connectivity index (χ2n) is 5.47. The molecule has 0 aliphatic carbocycles. The van der Waals surface area contributed by atoms with Crippen molar-refractivity contribution < 1.29 is 4.74 Å². The summed E-state index contributed by atoms with van der Waals surface area (Å²) in [6.45, 7) is 9.52. The average molecular weight is 292 g/mol. The van der Waals surface area contributed by atoms with Crippen LogP contribution in [0.25, 0.3) is 11.0 Å². The van der Waals surface area contributed by atoms with Crippen LogP contribution in [0.2, 0.25) is 0 Å². The molecule has 0 saturated carbocycles. The van der Waals surface area contributed by atoms with Crippen LogP contribution in [0, 0.1) is 4.77 Å². The molecule has 0 amide bonds. The largest absolute Gasteiger partial charge is 0.491 e. The number of para-hydroxylation sites is 1. The van der Waals surface area contributed by atoms with Crippen molar-refractivity contribution in [3.05, 3.63) is 23.0 Å². The minimum atomic E-state index is 0.0404. The number of nitrogens with one attached hydrogen (secondary N) is 1. The van der Waals surface area contributed by atoms with Gasteiger partial charge in [0.25, 0.3) is 0 Å². The van der Waals surface area contributed by atoms with Crippen LogP contribution < -0.4 is 4.74 Å². The number of hydrogen-bond donors (Lipinski definition) is 1. The highest BCUT2D eigenvalue weighted by molar-refractivity contribution is 7.71. The first-order valence-electron chi connectivity index (χ1n) is 7.44. The van der Waals surface area contributed by atoms with Crippen LogP contribution in [0.5, 0.6) is 5.75 Å². The van der Waals surface area contributed by atoms with Crippen molar-refractivity contribution in [3.63, 3.8) is 0 Å². The molecule has 0 aliphatic heterocycles. The molecule has 1 N–H and O–H groups in total. The molecular weight excluding hydrogens is 268 g/mol. The van der Waals surface area contributed by atoms with Gasteiger partial charge < -0.3 is 14.3 Å². The topological polar surface area (TPSA) is 29.9 Å². The SMILES string of the molecule is CCCOc1cccc2c1[nH]c(=S)n2C(C)(CC)CC. The lowest BCUT2D eigenvalue weighted by molar-refractivity contribution is 0.299. The van der Waals surface area contributed by atoms with Gasteiger partial charge in [0.1, 0.15) is 11.3 Å². The summed E-state index contributed by atoms with van der Waals surface area (Å²) in [7, 11) is 0. The Bertz CT molecular complexity index is 637. The molecule has 1 heterocycles. The molecule has 0 radical (unpaired) electrons. The molecule has 0 fully saturated rings. The van der Waals surface area contributed by atoms with Gasteiger partial charge in [0.2, 0.25) is 0 Å². The Morgan fingerprint density at radius 3 is 2.55 bits per heavy atom. The summed E-state index contributed by atoms with van der Waals surface area (Å²) in [4.78, 5) is 3.33. The van der Waals surface area contributed by atoms with Crippen molar-refractivity contribution in [3.8, 4) is 5.75 Å². The minimum Gasteiger partial charge on any atom is -0.491 e. The molecule has 0 spiro atoms. The predicted octanol–water partition coefficient (Wildman–Crippen LogP) is 5.02. The van der Waals surface area contributed by atoms with Gasteiger partial charge in [-0.15, -0.1) is 0 Å². The van der Waals surface area contributed by atoms with E-state index in [2.05, 4.69) is 43.3 Å². The fourth-order valence-electron chi connectivity index (χ4n) is 2.54. The Morgan fingerprint density at radius 2 is 1.95 bits per heavy atom. The molecule has 0 aliphatic rings. The van der Waals surface area contributed by atoms with Gasteiger partial charge in [0.15, 0.2) is 4.77 Å². The van der Waals surface area contributed by atoms with Gasteiger partial charge in [-0.25, -0.2) is 0 Å². The van der Waals surface area contributed by atoms with Crippen LogP contribution in [0.15, 0.2) is 18.2 Å². The van der Waals surface area contributed by atoms with E-state index in [0.29, 0.717) is 0 Å². The number of H-pyrrole nitrogens is 1. The number of imidazole rings is 1. The Labute approximate surface area is 126 Å². The molecule has 110 valence electrons. The van der Waals surface area contributed by atoms with Gasteiger partial charge >= 0.3 is 0 Å². The monoisotopic (exact) mass is 292 g/mol. The molecule has 20 heavy (non-hydrogen) atoms. The summed E-state index contributed by atoms with van der Waals surface area (Å²) in [6.07, 6.45) is 3.09. The van der Waals surface area contributed by atoms with Gasteiger partial charge in [-0.05, 0) is 50.5 Å². The predicted molar refractivity (Wildman–Crippen MR) is 87.1 cm³/mol. The van der Waals surface area contributed by atoms with Crippen LogP contribution >= 0.6 is 12.2 Å². The number of nitrogens with zero attached hydrogens (tertiary/aromatic N) is 1. The van der Waals surface area contributed by atoms with E-state index >= 15 is 0 Å². The quantitative estimate of drug-likeness (QED) is 0.757. The van der Waals surface area contributed by atoms with E-state index in [1.165, 1.54) is 0 Å². The van der Waals surface area contributed by atoms with Crippen LogP contribution in [-0.4, -0.2) is 16.2 Å². The summed E-state index contributed by atoms with van der Waals surface area (Å²) in [5.41, 5.74) is 2.19. The number of fused-ring (bicyclic) bond motifs is 1. The number of aromatic nitrogens is 2. The number of hydrogen-bond acceptors (Lipinski definition) is 2. The fourth-order valence-corrected chi connectivity index (χ4v) is 2.96. The standard InChI is InChI=1S/C16H24N2OS/c1-5-11-19-13-10-8-9-12-14(13)17-15(20)18(12)16(4,6-2)7-3/h8-10H,5-7,11H2,1-4H3,(H,17,20). The van der Waals surface area contributed by atoms with Crippen LogP contribution in [0.1, 0.15) is 47.0 Å². The highest BCUT2D eigenvalue weighted by atomic mass is 32.1. The molecule has 2 aromatic rings. The van der Waals surface area contributed by atoms with E-state index < -0.39 is 0 Å². The summed E-state index contributed by atoms with van der Waals surface area (Å²) >= 11 is 5.56. The van der Waals surface area contributed by atoms with E-state index in [-0.39, 0.29) is 5.54 Å². The van der Waals surface area contributed by atoms with Crippen LogP contribution in [0.3, 0.4) is 0 Å². The third-order valence-corrected chi connectivity index (χ3v) is 4.49. The maximum atomic E-state index is 5.83. The second kappa shape index (κ2) is 6.00. The summed E-state index contributed by atoms with van der Waals surface area (Å²) in [6, 6.07) is 6.16. The zero-order chi connectivity index (χ0) is 14.8. The van der Waals surface area contributed by atoms with Gasteiger partial charge in [-0.1, -0.05) is 26.8 Å². The Kier molecular flexibility index (Phi) is 4.53. The molecule has 0 unspecified atom stereocenters. The number of rotatable bonds is 6. The van der Waals surface area contributed by atoms with Gasteiger partial charge in [0, 0.05) is 5.54 Å². The molecular formula is C16H24N2OS. The molecule has 0 bridgehead atoms. The van der Waals surface area contributed by atoms with Gasteiger partial charge in [-0.2, -0.15) is 0 Å². The van der Waals surface area contributed by atoms with Crippen LogP contribution in [0.4, 0.5) is 0 Å². The molecule has 0 saturated heterocycles. The van der Waals surface area contributed by atoms with Gasteiger partial charge in [0.05, 0.1) is 12.1 Å². The highest BCUT2D eigenvalue weighted by Gasteiger charge is 2.25. The van der Waals surface area contributed by atoms with Crippen molar-refractivity contribution in [1.29, 1.82) is 0 Å². The normalized spacial score (nSPS) is 12.0. The third-order valence-electron chi connectivity index (χ3n) is 4.21. The maximum absolute atomic E-state index is 5.83. The minimum absolute atomic E-state index is 0.0404. The van der Waals surface area contributed by atoms with E-state index in [1.807, 2.05) is 12.1 Å². The number of ether oxygens (including phenoxy) is 1. The highest BCUT2D eigenvalue weighted by Crippen LogP contribution is 2.33. The molecule has 1 aromatic heterocycles. The first-order valence-corrected chi connectivity index (χ1v) is 7.85. The first kappa shape index (κ1) is 15.1. The lowest BCUT2D eigenvalue weighted by atomic mass is 9.95. The Balaban J connectivity index is 2.63. The molecule has 3 nitrogen and oxygen atoms in total. The van der Waals surface area contributed by atoms with Crippen molar-refractivity contribution in [2.75, 3.05) is 6.61 Å².